The Labute approximate surface area is 110 Å². The van der Waals surface area contributed by atoms with Crippen LogP contribution in [0.1, 0.15) is 12.5 Å². The van der Waals surface area contributed by atoms with Crippen molar-refractivity contribution in [3.8, 4) is 5.75 Å². The third-order valence-corrected chi connectivity index (χ3v) is 2.36. The van der Waals surface area contributed by atoms with E-state index in [4.69, 9.17) is 10.5 Å². The molecule has 0 fully saturated rings. The topological polar surface area (TPSA) is 38.5 Å². The van der Waals surface area contributed by atoms with Crippen LogP contribution in [-0.2, 0) is 0 Å². The van der Waals surface area contributed by atoms with Crippen LogP contribution in [0.15, 0.2) is 24.3 Å². The fraction of sp³-hybridized carbons (Fsp3) is 0.538. The molecule has 0 spiro atoms. The number of halogens is 1. The molecule has 1 rings (SSSR count). The quantitative estimate of drug-likeness (QED) is 0.849. The SMILES string of the molecule is Cc1ccc(OCCN(C)CC(C)N)cc1.Cl. The third-order valence-electron chi connectivity index (χ3n) is 2.36. The fourth-order valence-corrected chi connectivity index (χ4v) is 1.54. The Morgan fingerprint density at radius 3 is 2.41 bits per heavy atom. The van der Waals surface area contributed by atoms with Gasteiger partial charge in [0.05, 0.1) is 0 Å². The van der Waals surface area contributed by atoms with E-state index in [1.807, 2.05) is 19.1 Å². The molecule has 1 atom stereocenters. The number of aryl methyl sites for hydroxylation is 1. The van der Waals surface area contributed by atoms with Crippen LogP contribution < -0.4 is 10.5 Å². The maximum Gasteiger partial charge on any atom is 0.119 e. The Kier molecular flexibility index (Phi) is 7.96. The highest BCUT2D eigenvalue weighted by Crippen LogP contribution is 2.10. The van der Waals surface area contributed by atoms with Gasteiger partial charge < -0.3 is 15.4 Å². The van der Waals surface area contributed by atoms with Crippen molar-refractivity contribution in [3.05, 3.63) is 29.8 Å². The maximum absolute atomic E-state index is 5.71. The molecule has 0 aliphatic carbocycles. The lowest BCUT2D eigenvalue weighted by Gasteiger charge is -2.18. The number of ether oxygens (including phenoxy) is 1. The molecule has 1 aromatic carbocycles. The number of benzene rings is 1. The Morgan fingerprint density at radius 2 is 1.88 bits per heavy atom. The van der Waals surface area contributed by atoms with E-state index in [9.17, 15) is 0 Å². The van der Waals surface area contributed by atoms with E-state index in [0.29, 0.717) is 6.61 Å². The maximum atomic E-state index is 5.71. The van der Waals surface area contributed by atoms with E-state index in [1.165, 1.54) is 5.56 Å². The summed E-state index contributed by atoms with van der Waals surface area (Å²) in [6, 6.07) is 8.33. The van der Waals surface area contributed by atoms with Crippen molar-refractivity contribution in [2.75, 3.05) is 26.7 Å². The van der Waals surface area contributed by atoms with Crippen molar-refractivity contribution in [1.82, 2.24) is 4.90 Å². The number of nitrogens with two attached hydrogens (primary N) is 1. The van der Waals surface area contributed by atoms with Crippen LogP contribution in [0.5, 0.6) is 5.75 Å². The Morgan fingerprint density at radius 1 is 1.29 bits per heavy atom. The summed E-state index contributed by atoms with van der Waals surface area (Å²) in [6.45, 7) is 6.58. The van der Waals surface area contributed by atoms with E-state index in [0.717, 1.165) is 18.8 Å². The Balaban J connectivity index is 0.00000256. The lowest BCUT2D eigenvalue weighted by atomic mass is 10.2. The second-order valence-corrected chi connectivity index (χ2v) is 4.40. The average molecular weight is 259 g/mol. The predicted molar refractivity (Wildman–Crippen MR) is 75.1 cm³/mol. The van der Waals surface area contributed by atoms with Gasteiger partial charge in [-0.3, -0.25) is 0 Å². The Hall–Kier alpha value is -0.770. The van der Waals surface area contributed by atoms with Crippen molar-refractivity contribution >= 4 is 12.4 Å². The second-order valence-electron chi connectivity index (χ2n) is 4.40. The van der Waals surface area contributed by atoms with Crippen LogP contribution in [0.4, 0.5) is 0 Å². The molecule has 0 aliphatic heterocycles. The van der Waals surface area contributed by atoms with Crippen molar-refractivity contribution in [2.24, 2.45) is 5.73 Å². The summed E-state index contributed by atoms with van der Waals surface area (Å²) in [5, 5.41) is 0. The van der Waals surface area contributed by atoms with E-state index in [1.54, 1.807) is 0 Å². The predicted octanol–water partition coefficient (Wildman–Crippen LogP) is 2.07. The molecule has 1 aromatic rings. The molecule has 1 unspecified atom stereocenters. The van der Waals surface area contributed by atoms with Gasteiger partial charge in [-0.2, -0.15) is 0 Å². The fourth-order valence-electron chi connectivity index (χ4n) is 1.54. The molecule has 98 valence electrons. The second kappa shape index (κ2) is 8.34. The van der Waals surface area contributed by atoms with Crippen molar-refractivity contribution < 1.29 is 4.74 Å². The first-order valence-electron chi connectivity index (χ1n) is 5.71. The largest absolute Gasteiger partial charge is 0.492 e. The summed E-state index contributed by atoms with van der Waals surface area (Å²) in [5.74, 6) is 0.930. The van der Waals surface area contributed by atoms with Gasteiger partial charge in [0, 0.05) is 19.1 Å². The smallest absolute Gasteiger partial charge is 0.119 e. The number of nitrogens with zero attached hydrogens (tertiary/aromatic N) is 1. The zero-order valence-corrected chi connectivity index (χ0v) is 11.7. The van der Waals surface area contributed by atoms with Crippen LogP contribution in [0.3, 0.4) is 0 Å². The van der Waals surface area contributed by atoms with Gasteiger partial charge in [-0.15, -0.1) is 12.4 Å². The van der Waals surface area contributed by atoms with Gasteiger partial charge in [-0.1, -0.05) is 17.7 Å². The van der Waals surface area contributed by atoms with Crippen molar-refractivity contribution in [2.45, 2.75) is 19.9 Å². The Bertz CT molecular complexity index is 301. The van der Waals surface area contributed by atoms with E-state index >= 15 is 0 Å². The first kappa shape index (κ1) is 16.2. The average Bonchev–Trinajstić information content (AvgIpc) is 2.20. The lowest BCUT2D eigenvalue weighted by Crippen LogP contribution is -2.35. The highest BCUT2D eigenvalue weighted by Gasteiger charge is 2.01. The number of hydrogen-bond acceptors (Lipinski definition) is 3. The summed E-state index contributed by atoms with van der Waals surface area (Å²) in [5.41, 5.74) is 6.96. The van der Waals surface area contributed by atoms with Crippen LogP contribution in [0.25, 0.3) is 0 Å². The van der Waals surface area contributed by atoms with Gasteiger partial charge in [0.25, 0.3) is 0 Å². The molecule has 0 saturated carbocycles. The molecule has 17 heavy (non-hydrogen) atoms. The molecule has 3 nitrogen and oxygen atoms in total. The monoisotopic (exact) mass is 258 g/mol. The van der Waals surface area contributed by atoms with E-state index in [-0.39, 0.29) is 18.4 Å². The van der Waals surface area contributed by atoms with E-state index in [2.05, 4.69) is 31.0 Å². The summed E-state index contributed by atoms with van der Waals surface area (Å²) < 4.78 is 5.63. The highest BCUT2D eigenvalue weighted by molar-refractivity contribution is 5.85. The normalized spacial score (nSPS) is 12.1. The van der Waals surface area contributed by atoms with Gasteiger partial charge in [-0.05, 0) is 33.0 Å². The summed E-state index contributed by atoms with van der Waals surface area (Å²) >= 11 is 0. The van der Waals surface area contributed by atoms with Crippen LogP contribution in [0, 0.1) is 6.92 Å². The molecule has 0 radical (unpaired) electrons. The summed E-state index contributed by atoms with van der Waals surface area (Å²) in [7, 11) is 2.06. The number of rotatable bonds is 6. The molecule has 0 saturated heterocycles. The molecule has 0 amide bonds. The summed E-state index contributed by atoms with van der Waals surface area (Å²) in [6.07, 6.45) is 0. The molecule has 4 heteroatoms. The molecule has 2 N–H and O–H groups in total. The van der Waals surface area contributed by atoms with Crippen LogP contribution >= 0.6 is 12.4 Å². The molecular formula is C13H23ClN2O. The number of hydrogen-bond donors (Lipinski definition) is 1. The first-order chi connectivity index (χ1) is 7.58. The molecule has 0 heterocycles. The third kappa shape index (κ3) is 7.21. The standard InChI is InChI=1S/C13H22N2O.ClH/c1-11-4-6-13(7-5-11)16-9-8-15(3)10-12(2)14;/h4-7,12H,8-10,14H2,1-3H3;1H. The molecular weight excluding hydrogens is 236 g/mol. The zero-order chi connectivity index (χ0) is 12.0. The van der Waals surface area contributed by atoms with Gasteiger partial charge in [0.2, 0.25) is 0 Å². The summed E-state index contributed by atoms with van der Waals surface area (Å²) in [4.78, 5) is 2.18. The van der Waals surface area contributed by atoms with Gasteiger partial charge in [0.15, 0.2) is 0 Å². The van der Waals surface area contributed by atoms with Gasteiger partial charge in [0.1, 0.15) is 12.4 Å². The van der Waals surface area contributed by atoms with Gasteiger partial charge in [-0.25, -0.2) is 0 Å². The number of likely N-dealkylation sites (N-methyl/N-ethyl adjacent to an activating group) is 1. The van der Waals surface area contributed by atoms with Crippen LogP contribution in [-0.4, -0.2) is 37.7 Å². The molecule has 0 aromatic heterocycles. The minimum Gasteiger partial charge on any atom is -0.492 e. The highest BCUT2D eigenvalue weighted by atomic mass is 35.5. The minimum atomic E-state index is 0. The van der Waals surface area contributed by atoms with Gasteiger partial charge >= 0.3 is 0 Å². The minimum absolute atomic E-state index is 0. The van der Waals surface area contributed by atoms with Crippen LogP contribution in [0.2, 0.25) is 0 Å². The van der Waals surface area contributed by atoms with Crippen molar-refractivity contribution in [3.63, 3.8) is 0 Å². The molecule has 0 aliphatic rings. The molecule has 0 bridgehead atoms. The van der Waals surface area contributed by atoms with Crippen molar-refractivity contribution in [1.29, 1.82) is 0 Å². The van der Waals surface area contributed by atoms with E-state index < -0.39 is 0 Å². The zero-order valence-electron chi connectivity index (χ0n) is 10.8. The lowest BCUT2D eigenvalue weighted by molar-refractivity contribution is 0.231. The first-order valence-corrected chi connectivity index (χ1v) is 5.71.